The fraction of sp³-hybridized carbons (Fsp3) is 0.385. The van der Waals surface area contributed by atoms with Gasteiger partial charge in [-0.25, -0.2) is 4.98 Å². The third-order valence-electron chi connectivity index (χ3n) is 6.88. The lowest BCUT2D eigenvalue weighted by Gasteiger charge is -2.24. The standard InChI is InChI=1S/C26H23F2N3O3/c1-26(10-11-33-14-26)9-8-15-6-7-17-18(12-15)31-19-13-20(23(31)29-17)30(2)24(32)16-4-3-5-21(22(16)19)34-25(27)28/h3-7,12,19-20,25H,10-11,13-14H2,1-2H3/t19-,20-,26?/m1/s1/i2D3. The van der Waals surface area contributed by atoms with Gasteiger partial charge < -0.3 is 18.9 Å². The van der Waals surface area contributed by atoms with Gasteiger partial charge >= 0.3 is 6.61 Å². The van der Waals surface area contributed by atoms with Gasteiger partial charge in [0.15, 0.2) is 0 Å². The first kappa shape index (κ1) is 18.0. The number of nitrogens with zero attached hydrogens (tertiary/aromatic N) is 3. The summed E-state index contributed by atoms with van der Waals surface area (Å²) in [5, 5.41) is 0. The number of benzene rings is 2. The third kappa shape index (κ3) is 3.18. The molecule has 0 spiro atoms. The second-order valence-corrected chi connectivity index (χ2v) is 9.20. The SMILES string of the molecule is [2H]C([2H])([2H])N1C(=O)c2cccc(OC(F)F)c2[C@H]2C[C@@H]1c1nc3ccc(C#CC4(C)CCOC4)cc3n12. The molecule has 1 amide bonds. The van der Waals surface area contributed by atoms with E-state index in [1.165, 1.54) is 18.2 Å². The van der Waals surface area contributed by atoms with E-state index in [2.05, 4.69) is 18.8 Å². The minimum Gasteiger partial charge on any atom is -0.434 e. The van der Waals surface area contributed by atoms with Crippen molar-refractivity contribution in [2.24, 2.45) is 5.41 Å². The van der Waals surface area contributed by atoms with Gasteiger partial charge in [0.1, 0.15) is 11.6 Å². The molecule has 3 atom stereocenters. The highest BCUT2D eigenvalue weighted by Gasteiger charge is 2.45. The Labute approximate surface area is 199 Å². The molecule has 0 saturated carbocycles. The summed E-state index contributed by atoms with van der Waals surface area (Å²) < 4.78 is 63.1. The molecule has 1 fully saturated rings. The minimum atomic E-state index is -3.11. The molecule has 0 aliphatic carbocycles. The molecule has 3 aliphatic heterocycles. The summed E-state index contributed by atoms with van der Waals surface area (Å²) in [6, 6.07) is 8.25. The quantitative estimate of drug-likeness (QED) is 0.521. The summed E-state index contributed by atoms with van der Waals surface area (Å²) in [7, 11) is 0. The number of fused-ring (bicyclic) bond motifs is 9. The molecule has 4 heterocycles. The van der Waals surface area contributed by atoms with E-state index in [1.54, 1.807) is 6.07 Å². The molecule has 34 heavy (non-hydrogen) atoms. The lowest BCUT2D eigenvalue weighted by molar-refractivity contribution is -0.0507. The van der Waals surface area contributed by atoms with E-state index in [0.29, 0.717) is 30.1 Å². The zero-order valence-electron chi connectivity index (χ0n) is 21.3. The van der Waals surface area contributed by atoms with Gasteiger partial charge in [-0.15, -0.1) is 0 Å². The van der Waals surface area contributed by atoms with Crippen molar-refractivity contribution in [2.45, 2.75) is 38.5 Å². The van der Waals surface area contributed by atoms with Gasteiger partial charge in [-0.3, -0.25) is 4.79 Å². The normalized spacial score (nSPS) is 26.9. The predicted octanol–water partition coefficient (Wildman–Crippen LogP) is 4.54. The highest BCUT2D eigenvalue weighted by atomic mass is 19.3. The van der Waals surface area contributed by atoms with Crippen LogP contribution in [0.5, 0.6) is 5.75 Å². The van der Waals surface area contributed by atoms with Gasteiger partial charge in [0, 0.05) is 40.8 Å². The van der Waals surface area contributed by atoms with Crippen molar-refractivity contribution in [3.05, 3.63) is 58.9 Å². The second kappa shape index (κ2) is 7.54. The van der Waals surface area contributed by atoms with Gasteiger partial charge in [0.05, 0.1) is 35.1 Å². The zero-order valence-corrected chi connectivity index (χ0v) is 18.3. The third-order valence-corrected chi connectivity index (χ3v) is 6.88. The van der Waals surface area contributed by atoms with Crippen LogP contribution < -0.4 is 4.74 Å². The van der Waals surface area contributed by atoms with E-state index in [4.69, 9.17) is 18.6 Å². The van der Waals surface area contributed by atoms with E-state index in [9.17, 15) is 13.6 Å². The average molecular weight is 467 g/mol. The Morgan fingerprint density at radius 3 is 2.97 bits per heavy atom. The number of alkyl halides is 2. The number of amides is 1. The smallest absolute Gasteiger partial charge is 0.387 e. The van der Waals surface area contributed by atoms with Crippen LogP contribution in [0.25, 0.3) is 11.0 Å². The van der Waals surface area contributed by atoms with Crippen LogP contribution in [0, 0.1) is 17.3 Å². The molecule has 0 N–H and O–H groups in total. The molecular weight excluding hydrogens is 440 g/mol. The van der Waals surface area contributed by atoms with Crippen molar-refractivity contribution >= 4 is 16.9 Å². The highest BCUT2D eigenvalue weighted by molar-refractivity contribution is 5.97. The number of rotatable bonds is 2. The summed E-state index contributed by atoms with van der Waals surface area (Å²) >= 11 is 0. The van der Waals surface area contributed by atoms with Crippen LogP contribution >= 0.6 is 0 Å². The molecule has 8 heteroatoms. The number of carbonyl (C=O) groups is 1. The van der Waals surface area contributed by atoms with Gasteiger partial charge in [0.25, 0.3) is 5.91 Å². The lowest BCUT2D eigenvalue weighted by atomic mass is 9.90. The summed E-state index contributed by atoms with van der Waals surface area (Å²) in [6.07, 6.45) is 1.01. The Morgan fingerprint density at radius 2 is 2.21 bits per heavy atom. The maximum Gasteiger partial charge on any atom is 0.387 e. The maximum absolute atomic E-state index is 13.5. The van der Waals surface area contributed by atoms with E-state index in [1.807, 2.05) is 16.7 Å². The molecule has 2 bridgehead atoms. The van der Waals surface area contributed by atoms with Crippen molar-refractivity contribution in [3.8, 4) is 17.6 Å². The van der Waals surface area contributed by atoms with Crippen molar-refractivity contribution in [1.82, 2.24) is 14.5 Å². The first-order chi connectivity index (χ1) is 17.6. The van der Waals surface area contributed by atoms with Gasteiger partial charge in [-0.2, -0.15) is 8.78 Å². The second-order valence-electron chi connectivity index (χ2n) is 9.20. The van der Waals surface area contributed by atoms with Crippen LogP contribution in [0.15, 0.2) is 36.4 Å². The van der Waals surface area contributed by atoms with E-state index in [0.717, 1.165) is 16.9 Å². The number of carbonyl (C=O) groups excluding carboxylic acids is 1. The highest BCUT2D eigenvalue weighted by Crippen LogP contribution is 2.50. The predicted molar refractivity (Wildman–Crippen MR) is 121 cm³/mol. The fourth-order valence-corrected chi connectivity index (χ4v) is 5.18. The Bertz CT molecular complexity index is 1490. The van der Waals surface area contributed by atoms with Crippen LogP contribution in [0.1, 0.15) is 63.3 Å². The molecule has 1 aromatic heterocycles. The van der Waals surface area contributed by atoms with Crippen molar-refractivity contribution in [1.29, 1.82) is 0 Å². The van der Waals surface area contributed by atoms with Crippen LogP contribution in [-0.4, -0.2) is 47.2 Å². The summed E-state index contributed by atoms with van der Waals surface area (Å²) in [5.41, 5.74) is 2.04. The molecule has 1 unspecified atom stereocenters. The van der Waals surface area contributed by atoms with Crippen LogP contribution in [0.3, 0.4) is 0 Å². The van der Waals surface area contributed by atoms with Gasteiger partial charge in [-0.1, -0.05) is 17.9 Å². The zero-order chi connectivity index (χ0) is 26.1. The summed E-state index contributed by atoms with van der Waals surface area (Å²) in [4.78, 5) is 19.0. The van der Waals surface area contributed by atoms with Crippen LogP contribution in [-0.2, 0) is 4.74 Å². The molecule has 1 saturated heterocycles. The molecule has 2 aromatic carbocycles. The minimum absolute atomic E-state index is 0.0272. The molecule has 3 aliphatic rings. The van der Waals surface area contributed by atoms with E-state index < -0.39 is 31.6 Å². The summed E-state index contributed by atoms with van der Waals surface area (Å²) in [6.45, 7) is -2.59. The van der Waals surface area contributed by atoms with Gasteiger partial charge in [0.2, 0.25) is 0 Å². The topological polar surface area (TPSA) is 56.6 Å². The average Bonchev–Trinajstić information content (AvgIpc) is 3.49. The number of halogens is 2. The molecule has 3 aromatic rings. The largest absolute Gasteiger partial charge is 0.434 e. The molecule has 174 valence electrons. The number of hydrogen-bond acceptors (Lipinski definition) is 4. The lowest BCUT2D eigenvalue weighted by Crippen LogP contribution is -2.30. The number of aromatic nitrogens is 2. The Kier molecular flexibility index (Phi) is 3.98. The first-order valence-electron chi connectivity index (χ1n) is 12.6. The first-order valence-corrected chi connectivity index (χ1v) is 11.1. The Hall–Kier alpha value is -3.44. The monoisotopic (exact) mass is 466 g/mol. The van der Waals surface area contributed by atoms with E-state index in [-0.39, 0.29) is 28.7 Å². The number of ether oxygens (including phenoxy) is 2. The molecule has 0 radical (unpaired) electrons. The number of imidazole rings is 1. The Morgan fingerprint density at radius 1 is 1.32 bits per heavy atom. The summed E-state index contributed by atoms with van der Waals surface area (Å²) in [5.74, 6) is 5.99. The fourth-order valence-electron chi connectivity index (χ4n) is 5.18. The van der Waals surface area contributed by atoms with Crippen molar-refractivity contribution < 1.29 is 27.2 Å². The van der Waals surface area contributed by atoms with Crippen LogP contribution in [0.4, 0.5) is 8.78 Å². The molecule has 6 nitrogen and oxygen atoms in total. The molecular formula is C26H23F2N3O3. The van der Waals surface area contributed by atoms with Gasteiger partial charge in [-0.05, 0) is 43.7 Å². The Balaban J connectivity index is 1.56. The van der Waals surface area contributed by atoms with Crippen molar-refractivity contribution in [2.75, 3.05) is 20.2 Å². The van der Waals surface area contributed by atoms with E-state index >= 15 is 0 Å². The van der Waals surface area contributed by atoms with Crippen molar-refractivity contribution in [3.63, 3.8) is 0 Å². The number of hydrogen-bond donors (Lipinski definition) is 0. The molecule has 6 rings (SSSR count). The maximum atomic E-state index is 13.5. The van der Waals surface area contributed by atoms with Crippen LogP contribution in [0.2, 0.25) is 0 Å².